The molecule has 20 heavy (non-hydrogen) atoms. The monoisotopic (exact) mass is 270 g/mol. The van der Waals surface area contributed by atoms with Gasteiger partial charge in [0.1, 0.15) is 17.4 Å². The van der Waals surface area contributed by atoms with E-state index in [-0.39, 0.29) is 11.4 Å². The lowest BCUT2D eigenvalue weighted by atomic mass is 10.1. The van der Waals surface area contributed by atoms with Gasteiger partial charge in [-0.2, -0.15) is 0 Å². The van der Waals surface area contributed by atoms with Crippen LogP contribution in [0.1, 0.15) is 5.56 Å². The molecule has 0 spiro atoms. The van der Waals surface area contributed by atoms with Crippen molar-refractivity contribution in [3.05, 3.63) is 60.1 Å². The van der Waals surface area contributed by atoms with Crippen LogP contribution >= 0.6 is 0 Å². The molecule has 0 saturated carbocycles. The van der Waals surface area contributed by atoms with Gasteiger partial charge >= 0.3 is 0 Å². The van der Waals surface area contributed by atoms with Crippen LogP contribution in [0.4, 0.5) is 4.39 Å². The second kappa shape index (κ2) is 4.70. The largest absolute Gasteiger partial charge is 0.461 e. The number of halogens is 1. The summed E-state index contributed by atoms with van der Waals surface area (Å²) in [6, 6.07) is 11.4. The molecule has 0 aliphatic heterocycles. The van der Waals surface area contributed by atoms with E-state index in [0.29, 0.717) is 22.8 Å². The summed E-state index contributed by atoms with van der Waals surface area (Å²) in [6.45, 7) is 0. The SMILES string of the molecule is N=C(N)c1ccc(-c2ccc(-c3ccco3)o2)cc1F. The van der Waals surface area contributed by atoms with Crippen LogP contribution in [0.3, 0.4) is 0 Å². The third kappa shape index (κ3) is 2.09. The molecule has 2 aromatic heterocycles. The van der Waals surface area contributed by atoms with Gasteiger partial charge in [-0.05, 0) is 36.4 Å². The minimum absolute atomic E-state index is 0.0755. The van der Waals surface area contributed by atoms with Crippen LogP contribution in [0, 0.1) is 11.2 Å². The Morgan fingerprint density at radius 3 is 2.50 bits per heavy atom. The van der Waals surface area contributed by atoms with Crippen LogP contribution in [0.15, 0.2) is 57.6 Å². The van der Waals surface area contributed by atoms with Crippen LogP contribution in [0.25, 0.3) is 22.8 Å². The van der Waals surface area contributed by atoms with Gasteiger partial charge in [0.15, 0.2) is 11.5 Å². The number of hydrogen-bond acceptors (Lipinski definition) is 3. The molecule has 0 unspecified atom stereocenters. The molecule has 0 fully saturated rings. The zero-order valence-corrected chi connectivity index (χ0v) is 10.4. The fourth-order valence-electron chi connectivity index (χ4n) is 1.93. The average molecular weight is 270 g/mol. The van der Waals surface area contributed by atoms with Crippen molar-refractivity contribution in [3.8, 4) is 22.8 Å². The van der Waals surface area contributed by atoms with Crippen molar-refractivity contribution in [2.24, 2.45) is 5.73 Å². The molecule has 2 heterocycles. The summed E-state index contributed by atoms with van der Waals surface area (Å²) in [5, 5.41) is 7.25. The number of hydrogen-bond donors (Lipinski definition) is 2. The van der Waals surface area contributed by atoms with E-state index in [9.17, 15) is 4.39 Å². The zero-order chi connectivity index (χ0) is 14.1. The minimum Gasteiger partial charge on any atom is -0.461 e. The fraction of sp³-hybridized carbons (Fsp3) is 0. The van der Waals surface area contributed by atoms with E-state index < -0.39 is 5.82 Å². The molecular weight excluding hydrogens is 259 g/mol. The molecule has 0 saturated heterocycles. The normalized spacial score (nSPS) is 10.7. The summed E-state index contributed by atoms with van der Waals surface area (Å²) in [5.41, 5.74) is 5.93. The van der Waals surface area contributed by atoms with Crippen molar-refractivity contribution in [1.82, 2.24) is 0 Å². The second-order valence-electron chi connectivity index (χ2n) is 4.25. The van der Waals surface area contributed by atoms with Crippen LogP contribution in [-0.2, 0) is 0 Å². The van der Waals surface area contributed by atoms with Crippen LogP contribution in [-0.4, -0.2) is 5.84 Å². The van der Waals surface area contributed by atoms with Gasteiger partial charge in [0.05, 0.1) is 11.8 Å². The quantitative estimate of drug-likeness (QED) is 0.563. The van der Waals surface area contributed by atoms with Gasteiger partial charge in [0, 0.05) is 5.56 Å². The summed E-state index contributed by atoms with van der Waals surface area (Å²) in [6.07, 6.45) is 1.55. The molecule has 0 aliphatic rings. The highest BCUT2D eigenvalue weighted by Gasteiger charge is 2.11. The third-order valence-corrected chi connectivity index (χ3v) is 2.91. The maximum absolute atomic E-state index is 13.8. The summed E-state index contributed by atoms with van der Waals surface area (Å²) < 4.78 is 24.6. The van der Waals surface area contributed by atoms with Gasteiger partial charge in [0.25, 0.3) is 0 Å². The van der Waals surface area contributed by atoms with E-state index in [4.69, 9.17) is 20.0 Å². The Morgan fingerprint density at radius 1 is 1.05 bits per heavy atom. The topological polar surface area (TPSA) is 76.2 Å². The van der Waals surface area contributed by atoms with Crippen LogP contribution < -0.4 is 5.73 Å². The van der Waals surface area contributed by atoms with Crippen molar-refractivity contribution in [2.75, 3.05) is 0 Å². The van der Waals surface area contributed by atoms with Crippen LogP contribution in [0.5, 0.6) is 0 Å². The smallest absolute Gasteiger partial charge is 0.170 e. The van der Waals surface area contributed by atoms with E-state index in [1.165, 1.54) is 12.1 Å². The Balaban J connectivity index is 1.98. The number of nitrogen functional groups attached to an aromatic ring is 1. The van der Waals surface area contributed by atoms with Gasteiger partial charge in [-0.3, -0.25) is 5.41 Å². The Morgan fingerprint density at radius 2 is 1.85 bits per heavy atom. The fourth-order valence-corrected chi connectivity index (χ4v) is 1.93. The molecule has 0 aliphatic carbocycles. The van der Waals surface area contributed by atoms with E-state index in [1.807, 2.05) is 0 Å². The highest BCUT2D eigenvalue weighted by atomic mass is 19.1. The Kier molecular flexibility index (Phi) is 2.87. The van der Waals surface area contributed by atoms with Gasteiger partial charge in [-0.1, -0.05) is 6.07 Å². The Hall–Kier alpha value is -2.82. The van der Waals surface area contributed by atoms with Crippen LogP contribution in [0.2, 0.25) is 0 Å². The first-order valence-corrected chi connectivity index (χ1v) is 5.93. The second-order valence-corrected chi connectivity index (χ2v) is 4.25. The Bertz CT molecular complexity index is 760. The predicted molar refractivity (Wildman–Crippen MR) is 72.8 cm³/mol. The van der Waals surface area contributed by atoms with E-state index in [0.717, 1.165) is 0 Å². The predicted octanol–water partition coefficient (Wildman–Crippen LogP) is 3.63. The summed E-state index contributed by atoms with van der Waals surface area (Å²) in [7, 11) is 0. The maximum atomic E-state index is 13.8. The number of amidine groups is 1. The molecule has 4 nitrogen and oxygen atoms in total. The number of benzene rings is 1. The molecule has 100 valence electrons. The molecule has 1 aromatic carbocycles. The highest BCUT2D eigenvalue weighted by Crippen LogP contribution is 2.29. The first kappa shape index (κ1) is 12.2. The standard InChI is InChI=1S/C15H11FN2O2/c16-11-8-9(3-4-10(11)15(17)18)12-5-6-14(20-12)13-2-1-7-19-13/h1-8H,(H3,17,18). The molecule has 0 atom stereocenters. The minimum atomic E-state index is -0.550. The van der Waals surface area contributed by atoms with E-state index in [2.05, 4.69) is 0 Å². The number of nitrogens with two attached hydrogens (primary N) is 1. The highest BCUT2D eigenvalue weighted by molar-refractivity contribution is 5.95. The van der Waals surface area contributed by atoms with Crippen molar-refractivity contribution in [2.45, 2.75) is 0 Å². The Labute approximate surface area is 114 Å². The first-order valence-electron chi connectivity index (χ1n) is 5.93. The third-order valence-electron chi connectivity index (χ3n) is 2.91. The molecule has 5 heteroatoms. The number of nitrogens with one attached hydrogen (secondary N) is 1. The summed E-state index contributed by atoms with van der Waals surface area (Å²) in [5.74, 6) is 0.847. The molecule has 3 aromatic rings. The molecule has 0 radical (unpaired) electrons. The van der Waals surface area contributed by atoms with Gasteiger partial charge in [-0.15, -0.1) is 0 Å². The van der Waals surface area contributed by atoms with Gasteiger partial charge in [0.2, 0.25) is 0 Å². The van der Waals surface area contributed by atoms with Crippen molar-refractivity contribution in [3.63, 3.8) is 0 Å². The van der Waals surface area contributed by atoms with Gasteiger partial charge in [-0.25, -0.2) is 4.39 Å². The maximum Gasteiger partial charge on any atom is 0.170 e. The van der Waals surface area contributed by atoms with Crippen molar-refractivity contribution >= 4 is 5.84 Å². The number of rotatable bonds is 3. The van der Waals surface area contributed by atoms with E-state index in [1.54, 1.807) is 36.6 Å². The molecule has 3 rings (SSSR count). The van der Waals surface area contributed by atoms with Crippen molar-refractivity contribution in [1.29, 1.82) is 5.41 Å². The van der Waals surface area contributed by atoms with E-state index >= 15 is 0 Å². The summed E-state index contributed by atoms with van der Waals surface area (Å²) >= 11 is 0. The molecule has 0 amide bonds. The van der Waals surface area contributed by atoms with Crippen molar-refractivity contribution < 1.29 is 13.2 Å². The first-order chi connectivity index (χ1) is 9.65. The molecule has 3 N–H and O–H groups in total. The number of furan rings is 2. The lowest BCUT2D eigenvalue weighted by molar-refractivity contribution is 0.531. The molecule has 0 bridgehead atoms. The molecular formula is C15H11FN2O2. The zero-order valence-electron chi connectivity index (χ0n) is 10.4. The summed E-state index contributed by atoms with van der Waals surface area (Å²) in [4.78, 5) is 0. The lowest BCUT2D eigenvalue weighted by Gasteiger charge is -2.02. The average Bonchev–Trinajstić information content (AvgIpc) is 3.09. The lowest BCUT2D eigenvalue weighted by Crippen LogP contribution is -2.12. The van der Waals surface area contributed by atoms with Gasteiger partial charge < -0.3 is 14.6 Å².